The third-order valence-electron chi connectivity index (χ3n) is 5.97. The van der Waals surface area contributed by atoms with Crippen molar-refractivity contribution < 1.29 is 0 Å². The van der Waals surface area contributed by atoms with E-state index in [2.05, 4.69) is 24.1 Å². The van der Waals surface area contributed by atoms with E-state index in [1.165, 1.54) is 57.8 Å². The largest absolute Gasteiger partial charge is 0.314 e. The molecule has 0 spiro atoms. The Hall–Kier alpha value is -0.0800. The van der Waals surface area contributed by atoms with E-state index in [0.717, 1.165) is 36.6 Å². The van der Waals surface area contributed by atoms with E-state index in [1.54, 1.807) is 0 Å². The Labute approximate surface area is 119 Å². The lowest BCUT2D eigenvalue weighted by molar-refractivity contribution is -0.0387. The fraction of sp³-hybridized carbons (Fsp3) is 1.00. The van der Waals surface area contributed by atoms with Crippen molar-refractivity contribution in [1.29, 1.82) is 0 Å². The molecule has 2 heterocycles. The van der Waals surface area contributed by atoms with Crippen LogP contribution in [0, 0.1) is 5.92 Å². The van der Waals surface area contributed by atoms with Crippen molar-refractivity contribution in [2.75, 3.05) is 6.54 Å². The summed E-state index contributed by atoms with van der Waals surface area (Å²) in [6, 6.07) is 3.49. The molecule has 0 aromatic heterocycles. The van der Waals surface area contributed by atoms with Gasteiger partial charge in [0, 0.05) is 24.2 Å². The molecule has 2 aliphatic heterocycles. The smallest absolute Gasteiger partial charge is 0.0127 e. The van der Waals surface area contributed by atoms with Crippen LogP contribution in [0.15, 0.2) is 0 Å². The number of nitrogens with one attached hydrogen (secondary N) is 1. The normalized spacial score (nSPS) is 44.2. The third-order valence-corrected chi connectivity index (χ3v) is 5.97. The molecule has 0 amide bonds. The van der Waals surface area contributed by atoms with Gasteiger partial charge in [0.05, 0.1) is 0 Å². The second-order valence-electron chi connectivity index (χ2n) is 7.24. The van der Waals surface area contributed by atoms with Crippen LogP contribution in [-0.4, -0.2) is 35.6 Å². The molecule has 2 nitrogen and oxygen atoms in total. The van der Waals surface area contributed by atoms with Crippen LogP contribution in [0.5, 0.6) is 0 Å². The molecule has 3 aliphatic rings. The SMILES string of the molecule is CCNC1CC2CCCC(C1)N2C1CCCCC1C. The zero-order chi connectivity index (χ0) is 13.2. The molecular formula is C17H32N2. The standard InChI is InChI=1S/C17H32N2/c1-3-18-14-11-15-8-6-9-16(12-14)19(15)17-10-5-4-7-13(17)2/h13-18H,3-12H2,1-2H3. The minimum atomic E-state index is 0.801. The summed E-state index contributed by atoms with van der Waals surface area (Å²) < 4.78 is 0. The van der Waals surface area contributed by atoms with E-state index < -0.39 is 0 Å². The highest BCUT2D eigenvalue weighted by Gasteiger charge is 2.42. The van der Waals surface area contributed by atoms with E-state index in [1.807, 2.05) is 0 Å². The molecule has 0 aromatic rings. The van der Waals surface area contributed by atoms with Crippen molar-refractivity contribution in [3.8, 4) is 0 Å². The average molecular weight is 264 g/mol. The highest BCUT2D eigenvalue weighted by molar-refractivity contribution is 4.99. The first kappa shape index (κ1) is 13.9. The van der Waals surface area contributed by atoms with E-state index in [9.17, 15) is 0 Å². The third kappa shape index (κ3) is 2.85. The molecule has 0 radical (unpaired) electrons. The monoisotopic (exact) mass is 264 g/mol. The second-order valence-corrected chi connectivity index (χ2v) is 7.24. The number of hydrogen-bond acceptors (Lipinski definition) is 2. The number of fused-ring (bicyclic) bond motifs is 2. The lowest BCUT2D eigenvalue weighted by Crippen LogP contribution is -2.61. The Morgan fingerprint density at radius 1 is 0.947 bits per heavy atom. The topological polar surface area (TPSA) is 15.3 Å². The van der Waals surface area contributed by atoms with Crippen LogP contribution >= 0.6 is 0 Å². The van der Waals surface area contributed by atoms with E-state index in [4.69, 9.17) is 0 Å². The van der Waals surface area contributed by atoms with Crippen molar-refractivity contribution in [3.05, 3.63) is 0 Å². The van der Waals surface area contributed by atoms with E-state index >= 15 is 0 Å². The van der Waals surface area contributed by atoms with E-state index in [-0.39, 0.29) is 0 Å². The summed E-state index contributed by atoms with van der Waals surface area (Å²) in [6.45, 7) is 5.91. The van der Waals surface area contributed by atoms with Gasteiger partial charge in [0.2, 0.25) is 0 Å². The highest BCUT2D eigenvalue weighted by atomic mass is 15.2. The van der Waals surface area contributed by atoms with Crippen molar-refractivity contribution in [3.63, 3.8) is 0 Å². The minimum absolute atomic E-state index is 0.801. The molecule has 2 bridgehead atoms. The van der Waals surface area contributed by atoms with Gasteiger partial charge in [-0.05, 0) is 51.0 Å². The lowest BCUT2D eigenvalue weighted by Gasteiger charge is -2.54. The summed E-state index contributed by atoms with van der Waals surface area (Å²) in [6.07, 6.45) is 13.1. The van der Waals surface area contributed by atoms with Crippen molar-refractivity contribution in [1.82, 2.24) is 10.2 Å². The molecule has 1 N–H and O–H groups in total. The van der Waals surface area contributed by atoms with Crippen LogP contribution < -0.4 is 5.32 Å². The van der Waals surface area contributed by atoms with Gasteiger partial charge in [-0.25, -0.2) is 0 Å². The first-order valence-corrected chi connectivity index (χ1v) is 8.80. The summed E-state index contributed by atoms with van der Waals surface area (Å²) in [5.74, 6) is 0.938. The van der Waals surface area contributed by atoms with Gasteiger partial charge in [0.15, 0.2) is 0 Å². The molecule has 2 saturated heterocycles. The molecule has 19 heavy (non-hydrogen) atoms. The van der Waals surface area contributed by atoms with Gasteiger partial charge in [0.1, 0.15) is 0 Å². The summed E-state index contributed by atoms with van der Waals surface area (Å²) in [5.41, 5.74) is 0. The maximum Gasteiger partial charge on any atom is 0.0127 e. The van der Waals surface area contributed by atoms with Gasteiger partial charge in [-0.1, -0.05) is 33.1 Å². The summed E-state index contributed by atoms with van der Waals surface area (Å²) in [5, 5.41) is 3.72. The maximum atomic E-state index is 3.72. The first-order chi connectivity index (χ1) is 9.29. The molecule has 0 aromatic carbocycles. The Kier molecular flexibility index (Phi) is 4.48. The van der Waals surface area contributed by atoms with Gasteiger partial charge in [0.25, 0.3) is 0 Å². The van der Waals surface area contributed by atoms with Crippen molar-refractivity contribution in [2.24, 2.45) is 5.92 Å². The molecule has 2 heteroatoms. The summed E-state index contributed by atoms with van der Waals surface area (Å²) >= 11 is 0. The maximum absolute atomic E-state index is 3.72. The number of rotatable bonds is 3. The fourth-order valence-corrected chi connectivity index (χ4v) is 5.15. The summed E-state index contributed by atoms with van der Waals surface area (Å²) in [4.78, 5) is 3.00. The van der Waals surface area contributed by atoms with Crippen LogP contribution in [0.4, 0.5) is 0 Å². The second kappa shape index (κ2) is 6.13. The quantitative estimate of drug-likeness (QED) is 0.838. The van der Waals surface area contributed by atoms with Crippen LogP contribution in [0.25, 0.3) is 0 Å². The van der Waals surface area contributed by atoms with Crippen LogP contribution in [0.3, 0.4) is 0 Å². The number of piperidine rings is 2. The lowest BCUT2D eigenvalue weighted by atomic mass is 9.76. The van der Waals surface area contributed by atoms with Crippen LogP contribution in [0.1, 0.15) is 71.6 Å². The Bertz CT molecular complexity index is 277. The fourth-order valence-electron chi connectivity index (χ4n) is 5.15. The molecule has 1 saturated carbocycles. The highest BCUT2D eigenvalue weighted by Crippen LogP contribution is 2.40. The first-order valence-electron chi connectivity index (χ1n) is 8.80. The Morgan fingerprint density at radius 2 is 1.63 bits per heavy atom. The van der Waals surface area contributed by atoms with Crippen molar-refractivity contribution >= 4 is 0 Å². The molecule has 110 valence electrons. The number of hydrogen-bond donors (Lipinski definition) is 1. The van der Waals surface area contributed by atoms with Gasteiger partial charge < -0.3 is 5.32 Å². The van der Waals surface area contributed by atoms with Gasteiger partial charge in [-0.2, -0.15) is 0 Å². The molecule has 3 fully saturated rings. The van der Waals surface area contributed by atoms with Gasteiger partial charge in [-0.15, -0.1) is 0 Å². The molecule has 1 aliphatic carbocycles. The Morgan fingerprint density at radius 3 is 2.26 bits per heavy atom. The predicted molar refractivity (Wildman–Crippen MR) is 81.4 cm³/mol. The predicted octanol–water partition coefficient (Wildman–Crippen LogP) is 3.56. The minimum Gasteiger partial charge on any atom is -0.314 e. The van der Waals surface area contributed by atoms with Crippen molar-refractivity contribution in [2.45, 2.75) is 95.8 Å². The molecule has 3 rings (SSSR count). The zero-order valence-electron chi connectivity index (χ0n) is 12.9. The molecule has 4 atom stereocenters. The molecule has 4 unspecified atom stereocenters. The Balaban J connectivity index is 1.71. The average Bonchev–Trinajstić information content (AvgIpc) is 2.39. The molecular weight excluding hydrogens is 232 g/mol. The van der Waals surface area contributed by atoms with Crippen LogP contribution in [-0.2, 0) is 0 Å². The van der Waals surface area contributed by atoms with Gasteiger partial charge >= 0.3 is 0 Å². The zero-order valence-corrected chi connectivity index (χ0v) is 12.9. The van der Waals surface area contributed by atoms with Crippen LogP contribution in [0.2, 0.25) is 0 Å². The summed E-state index contributed by atoms with van der Waals surface area (Å²) in [7, 11) is 0. The van der Waals surface area contributed by atoms with E-state index in [0.29, 0.717) is 0 Å². The number of nitrogens with zero attached hydrogens (tertiary/aromatic N) is 1. The van der Waals surface area contributed by atoms with Gasteiger partial charge in [-0.3, -0.25) is 4.90 Å².